The van der Waals surface area contributed by atoms with Gasteiger partial charge in [-0.3, -0.25) is 0 Å². The molecule has 0 fully saturated rings. The molecule has 0 amide bonds. The quantitative estimate of drug-likeness (QED) is 0.224. The van der Waals surface area contributed by atoms with Crippen LogP contribution >= 0.6 is 0 Å². The highest BCUT2D eigenvalue weighted by Crippen LogP contribution is 2.46. The summed E-state index contributed by atoms with van der Waals surface area (Å²) in [5.74, 6) is 0. The molecule has 9 aromatic rings. The third-order valence-electron chi connectivity index (χ3n) is 8.45. The maximum atomic E-state index is 6.74. The molecule has 0 N–H and O–H groups in total. The van der Waals surface area contributed by atoms with Gasteiger partial charge in [0.15, 0.2) is 0 Å². The first-order chi connectivity index (χ1) is 20.8. The summed E-state index contributed by atoms with van der Waals surface area (Å²) in [4.78, 5) is 0. The lowest BCUT2D eigenvalue weighted by Gasteiger charge is -2.08. The van der Waals surface area contributed by atoms with Crippen LogP contribution in [-0.2, 0) is 0 Å². The monoisotopic (exact) mass is 536 g/mol. The molecule has 0 aliphatic heterocycles. The summed E-state index contributed by atoms with van der Waals surface area (Å²) in [5.41, 5.74) is 10.3. The zero-order chi connectivity index (χ0) is 27.6. The second-order valence-corrected chi connectivity index (χ2v) is 10.9. The Hall–Kier alpha value is -5.60. The zero-order valence-corrected chi connectivity index (χ0v) is 22.7. The molecule has 0 atom stereocenters. The van der Waals surface area contributed by atoms with Crippen LogP contribution in [-0.4, -0.2) is 0 Å². The van der Waals surface area contributed by atoms with E-state index in [0.29, 0.717) is 0 Å². The minimum absolute atomic E-state index is 0.860. The van der Waals surface area contributed by atoms with E-state index in [1.165, 1.54) is 21.9 Å². The fraction of sp³-hybridized carbons (Fsp3) is 0. The van der Waals surface area contributed by atoms with Crippen LogP contribution in [0.15, 0.2) is 154 Å². The molecular formula is C40H24O2. The first kappa shape index (κ1) is 23.1. The van der Waals surface area contributed by atoms with Gasteiger partial charge in [0.1, 0.15) is 22.3 Å². The molecular weight excluding hydrogens is 512 g/mol. The van der Waals surface area contributed by atoms with E-state index in [1.54, 1.807) is 0 Å². The lowest BCUT2D eigenvalue weighted by Crippen LogP contribution is -1.84. The predicted octanol–water partition coefficient (Wildman–Crippen LogP) is 11.6. The van der Waals surface area contributed by atoms with Crippen molar-refractivity contribution in [1.82, 2.24) is 0 Å². The molecule has 0 aliphatic rings. The summed E-state index contributed by atoms with van der Waals surface area (Å²) in [7, 11) is 0. The van der Waals surface area contributed by atoms with Crippen molar-refractivity contribution in [1.29, 1.82) is 0 Å². The summed E-state index contributed by atoms with van der Waals surface area (Å²) in [6, 6.07) is 51.3. The molecule has 2 heterocycles. The average molecular weight is 537 g/mol. The Morgan fingerprint density at radius 2 is 0.929 bits per heavy atom. The van der Waals surface area contributed by atoms with Gasteiger partial charge >= 0.3 is 0 Å². The minimum atomic E-state index is 0.860. The number of rotatable bonds is 3. The van der Waals surface area contributed by atoms with E-state index in [0.717, 1.165) is 66.1 Å². The van der Waals surface area contributed by atoms with Gasteiger partial charge in [0.25, 0.3) is 0 Å². The van der Waals surface area contributed by atoms with Crippen molar-refractivity contribution in [2.24, 2.45) is 0 Å². The summed E-state index contributed by atoms with van der Waals surface area (Å²) >= 11 is 0. The van der Waals surface area contributed by atoms with Gasteiger partial charge in [0.2, 0.25) is 0 Å². The van der Waals surface area contributed by atoms with Gasteiger partial charge in [-0.1, -0.05) is 109 Å². The Kier molecular flexibility index (Phi) is 4.93. The van der Waals surface area contributed by atoms with Crippen LogP contribution in [0, 0.1) is 0 Å². The Balaban J connectivity index is 1.40. The molecule has 2 nitrogen and oxygen atoms in total. The van der Waals surface area contributed by atoms with Crippen LogP contribution < -0.4 is 0 Å². The van der Waals surface area contributed by atoms with Crippen LogP contribution in [0.5, 0.6) is 0 Å². The summed E-state index contributed by atoms with van der Waals surface area (Å²) in [6.07, 6.45) is 0. The molecule has 2 heteroatoms. The highest BCUT2D eigenvalue weighted by Gasteiger charge is 2.22. The first-order valence-electron chi connectivity index (χ1n) is 14.3. The molecule has 0 radical (unpaired) electrons. The van der Waals surface area contributed by atoms with Gasteiger partial charge in [0, 0.05) is 27.1 Å². The lowest BCUT2D eigenvalue weighted by atomic mass is 9.93. The normalized spacial score (nSPS) is 11.8. The molecule has 7 aromatic carbocycles. The van der Waals surface area contributed by atoms with Crippen molar-refractivity contribution >= 4 is 54.6 Å². The maximum Gasteiger partial charge on any atom is 0.144 e. The SMILES string of the molecule is c1ccc(-c2ccc3oc4c(-c5ccc6ccccc6c5)c5c(cc4c3c2)oc2ccc(-c3ccccc3)cc25)cc1. The summed E-state index contributed by atoms with van der Waals surface area (Å²) in [6.45, 7) is 0. The number of furan rings is 2. The van der Waals surface area contributed by atoms with E-state index in [-0.39, 0.29) is 0 Å². The number of fused-ring (bicyclic) bond motifs is 7. The van der Waals surface area contributed by atoms with Gasteiger partial charge in [0.05, 0.1) is 0 Å². The standard InChI is InChI=1S/C40H24O2/c1-3-9-25(10-4-1)29-17-19-35-32(22-29)33-24-37-39(34-23-30(18-20-36(34)41-37)26-11-5-2-6-12-26)38(40(33)42-35)31-16-15-27-13-7-8-14-28(27)21-31/h1-24H. The molecule has 9 rings (SSSR count). The van der Waals surface area contributed by atoms with Crippen LogP contribution in [0.25, 0.3) is 88.0 Å². The van der Waals surface area contributed by atoms with E-state index in [2.05, 4.69) is 140 Å². The third-order valence-corrected chi connectivity index (χ3v) is 8.45. The largest absolute Gasteiger partial charge is 0.456 e. The fourth-order valence-corrected chi connectivity index (χ4v) is 6.41. The molecule has 0 saturated heterocycles. The molecule has 0 unspecified atom stereocenters. The van der Waals surface area contributed by atoms with E-state index in [9.17, 15) is 0 Å². The molecule has 0 saturated carbocycles. The van der Waals surface area contributed by atoms with Crippen molar-refractivity contribution in [2.45, 2.75) is 0 Å². The zero-order valence-electron chi connectivity index (χ0n) is 22.7. The highest BCUT2D eigenvalue weighted by molar-refractivity contribution is 6.24. The molecule has 0 bridgehead atoms. The molecule has 196 valence electrons. The fourth-order valence-electron chi connectivity index (χ4n) is 6.41. The first-order valence-corrected chi connectivity index (χ1v) is 14.3. The Morgan fingerprint density at radius 3 is 1.64 bits per heavy atom. The van der Waals surface area contributed by atoms with Gasteiger partial charge in [-0.05, 0) is 75.0 Å². The van der Waals surface area contributed by atoms with Crippen LogP contribution in [0.4, 0.5) is 0 Å². The minimum Gasteiger partial charge on any atom is -0.456 e. The van der Waals surface area contributed by atoms with Crippen LogP contribution in [0.2, 0.25) is 0 Å². The second kappa shape index (κ2) is 8.95. The van der Waals surface area contributed by atoms with E-state index >= 15 is 0 Å². The van der Waals surface area contributed by atoms with Gasteiger partial charge in [-0.25, -0.2) is 0 Å². The topological polar surface area (TPSA) is 26.3 Å². The summed E-state index contributed by atoms with van der Waals surface area (Å²) in [5, 5.41) is 6.71. The number of benzene rings is 7. The van der Waals surface area contributed by atoms with Crippen LogP contribution in [0.3, 0.4) is 0 Å². The van der Waals surface area contributed by atoms with Crippen molar-refractivity contribution in [3.05, 3.63) is 146 Å². The molecule has 2 aromatic heterocycles. The van der Waals surface area contributed by atoms with Crippen LogP contribution in [0.1, 0.15) is 0 Å². The molecule has 0 spiro atoms. The lowest BCUT2D eigenvalue weighted by molar-refractivity contribution is 0.664. The maximum absolute atomic E-state index is 6.74. The Morgan fingerprint density at radius 1 is 0.333 bits per heavy atom. The Labute approximate surface area is 242 Å². The van der Waals surface area contributed by atoms with E-state index < -0.39 is 0 Å². The van der Waals surface area contributed by atoms with Crippen molar-refractivity contribution in [3.63, 3.8) is 0 Å². The second-order valence-electron chi connectivity index (χ2n) is 10.9. The van der Waals surface area contributed by atoms with E-state index in [1.807, 2.05) is 6.07 Å². The number of hydrogen-bond acceptors (Lipinski definition) is 2. The van der Waals surface area contributed by atoms with Crippen molar-refractivity contribution in [2.75, 3.05) is 0 Å². The molecule has 42 heavy (non-hydrogen) atoms. The highest BCUT2D eigenvalue weighted by atomic mass is 16.3. The van der Waals surface area contributed by atoms with Crippen molar-refractivity contribution in [3.8, 4) is 33.4 Å². The molecule has 0 aliphatic carbocycles. The summed E-state index contributed by atoms with van der Waals surface area (Å²) < 4.78 is 13.3. The van der Waals surface area contributed by atoms with Gasteiger partial charge in [-0.15, -0.1) is 0 Å². The number of hydrogen-bond donors (Lipinski definition) is 0. The Bertz CT molecular complexity index is 2440. The van der Waals surface area contributed by atoms with E-state index in [4.69, 9.17) is 8.83 Å². The average Bonchev–Trinajstić information content (AvgIpc) is 3.61. The van der Waals surface area contributed by atoms with Gasteiger partial charge in [-0.2, -0.15) is 0 Å². The predicted molar refractivity (Wildman–Crippen MR) is 175 cm³/mol. The third kappa shape index (κ3) is 3.52. The van der Waals surface area contributed by atoms with Crippen molar-refractivity contribution < 1.29 is 8.83 Å². The van der Waals surface area contributed by atoms with Gasteiger partial charge < -0.3 is 8.83 Å². The smallest absolute Gasteiger partial charge is 0.144 e.